The standard InChI is InChI=1S/C20H22N4O5S2/c1-12-5-4-6-15(13(12)2)23-31(26,27)17-11-16(30-14(17)3)18-21-19(29-22-18)20(25)24-7-9-28-10-8-24/h4-6,11,23H,7-10H2,1-3H3. The van der Waals surface area contributed by atoms with Crippen molar-refractivity contribution in [2.24, 2.45) is 0 Å². The normalized spacial score (nSPS) is 14.6. The van der Waals surface area contributed by atoms with Crippen LogP contribution in [0.5, 0.6) is 0 Å². The van der Waals surface area contributed by atoms with Crippen molar-refractivity contribution in [3.63, 3.8) is 0 Å². The predicted octanol–water partition coefficient (Wildman–Crippen LogP) is 3.00. The first-order valence-corrected chi connectivity index (χ1v) is 12.0. The number of rotatable bonds is 5. The number of carbonyl (C=O) groups excluding carboxylic acids is 1. The van der Waals surface area contributed by atoms with E-state index in [2.05, 4.69) is 14.9 Å². The summed E-state index contributed by atoms with van der Waals surface area (Å²) in [6.45, 7) is 7.35. The van der Waals surface area contributed by atoms with Crippen molar-refractivity contribution in [2.45, 2.75) is 25.7 Å². The van der Waals surface area contributed by atoms with E-state index in [4.69, 9.17) is 9.26 Å². The Morgan fingerprint density at radius 3 is 2.68 bits per heavy atom. The maximum absolute atomic E-state index is 13.0. The molecule has 0 aliphatic carbocycles. The molecule has 0 saturated carbocycles. The topological polar surface area (TPSA) is 115 Å². The molecule has 0 unspecified atom stereocenters. The van der Waals surface area contributed by atoms with Crippen molar-refractivity contribution in [3.05, 3.63) is 46.2 Å². The van der Waals surface area contributed by atoms with Crippen LogP contribution in [-0.2, 0) is 14.8 Å². The Balaban J connectivity index is 1.58. The van der Waals surface area contributed by atoms with E-state index in [-0.39, 0.29) is 22.5 Å². The minimum absolute atomic E-state index is 0.124. The van der Waals surface area contributed by atoms with E-state index in [0.29, 0.717) is 41.7 Å². The summed E-state index contributed by atoms with van der Waals surface area (Å²) in [6, 6.07) is 6.96. The molecule has 4 rings (SSSR count). The summed E-state index contributed by atoms with van der Waals surface area (Å²) in [6.07, 6.45) is 0. The van der Waals surface area contributed by atoms with Crippen LogP contribution in [0.15, 0.2) is 33.7 Å². The molecule has 0 atom stereocenters. The lowest BCUT2D eigenvalue weighted by atomic mass is 10.1. The first-order valence-electron chi connectivity index (χ1n) is 9.67. The van der Waals surface area contributed by atoms with Crippen LogP contribution < -0.4 is 4.72 Å². The summed E-state index contributed by atoms with van der Waals surface area (Å²) >= 11 is 1.22. The SMILES string of the molecule is Cc1cccc(NS(=O)(=O)c2cc(-c3noc(C(=O)N4CCOCC4)n3)sc2C)c1C. The third-order valence-electron chi connectivity index (χ3n) is 5.14. The summed E-state index contributed by atoms with van der Waals surface area (Å²) in [4.78, 5) is 19.5. The van der Waals surface area contributed by atoms with Crippen molar-refractivity contribution in [1.29, 1.82) is 0 Å². The molecule has 3 heterocycles. The Morgan fingerprint density at radius 1 is 1.19 bits per heavy atom. The van der Waals surface area contributed by atoms with Crippen LogP contribution in [0.2, 0.25) is 0 Å². The number of nitrogens with zero attached hydrogens (tertiary/aromatic N) is 3. The van der Waals surface area contributed by atoms with E-state index >= 15 is 0 Å². The molecule has 9 nitrogen and oxygen atoms in total. The third-order valence-corrected chi connectivity index (χ3v) is 7.81. The lowest BCUT2D eigenvalue weighted by molar-refractivity contribution is 0.0272. The molecule has 3 aromatic rings. The van der Waals surface area contributed by atoms with Crippen LogP contribution in [-0.4, -0.2) is 55.7 Å². The summed E-state index contributed by atoms with van der Waals surface area (Å²) in [5, 5.41) is 3.88. The predicted molar refractivity (Wildman–Crippen MR) is 116 cm³/mol. The number of aromatic nitrogens is 2. The molecule has 2 aromatic heterocycles. The minimum Gasteiger partial charge on any atom is -0.378 e. The minimum atomic E-state index is -3.81. The molecule has 31 heavy (non-hydrogen) atoms. The van der Waals surface area contributed by atoms with Crippen LogP contribution in [0.4, 0.5) is 5.69 Å². The lowest BCUT2D eigenvalue weighted by Gasteiger charge is -2.25. The second kappa shape index (κ2) is 8.40. The maximum atomic E-state index is 13.0. The number of anilines is 1. The molecule has 1 aliphatic rings. The number of amides is 1. The molecular weight excluding hydrogens is 440 g/mol. The van der Waals surface area contributed by atoms with Gasteiger partial charge in [0.25, 0.3) is 10.0 Å². The van der Waals surface area contributed by atoms with E-state index in [1.807, 2.05) is 19.9 Å². The number of hydrogen-bond donors (Lipinski definition) is 1. The number of aryl methyl sites for hydroxylation is 2. The molecular formula is C20H22N4O5S2. The molecule has 1 saturated heterocycles. The van der Waals surface area contributed by atoms with Crippen molar-refractivity contribution in [1.82, 2.24) is 15.0 Å². The average molecular weight is 463 g/mol. The summed E-state index contributed by atoms with van der Waals surface area (Å²) in [5.41, 5.74) is 2.39. The summed E-state index contributed by atoms with van der Waals surface area (Å²) in [7, 11) is -3.81. The van der Waals surface area contributed by atoms with E-state index in [1.54, 1.807) is 24.0 Å². The zero-order valence-electron chi connectivity index (χ0n) is 17.3. The van der Waals surface area contributed by atoms with Gasteiger partial charge in [-0.3, -0.25) is 9.52 Å². The van der Waals surface area contributed by atoms with Gasteiger partial charge in [-0.2, -0.15) is 4.98 Å². The average Bonchev–Trinajstić information content (AvgIpc) is 3.39. The largest absolute Gasteiger partial charge is 0.378 e. The van der Waals surface area contributed by atoms with Crippen molar-refractivity contribution in [3.8, 4) is 10.7 Å². The van der Waals surface area contributed by atoms with Crippen LogP contribution in [0.1, 0.15) is 26.7 Å². The second-order valence-corrected chi connectivity index (χ2v) is 10.1. The second-order valence-electron chi connectivity index (χ2n) is 7.21. The molecule has 1 aromatic carbocycles. The highest BCUT2D eigenvalue weighted by molar-refractivity contribution is 7.93. The van der Waals surface area contributed by atoms with Gasteiger partial charge in [-0.25, -0.2) is 8.42 Å². The fourth-order valence-corrected chi connectivity index (χ4v) is 5.86. The summed E-state index contributed by atoms with van der Waals surface area (Å²) < 4.78 is 39.1. The number of sulfonamides is 1. The molecule has 0 radical (unpaired) electrons. The number of hydrogen-bond acceptors (Lipinski definition) is 8. The van der Waals surface area contributed by atoms with E-state index in [9.17, 15) is 13.2 Å². The Labute approximate surface area is 184 Å². The highest BCUT2D eigenvalue weighted by atomic mass is 32.2. The van der Waals surface area contributed by atoms with Crippen LogP contribution in [0.25, 0.3) is 10.7 Å². The van der Waals surface area contributed by atoms with Crippen molar-refractivity contribution in [2.75, 3.05) is 31.0 Å². The first kappa shape index (κ1) is 21.5. The van der Waals surface area contributed by atoms with Gasteiger partial charge in [-0.05, 0) is 44.0 Å². The Hall–Kier alpha value is -2.76. The summed E-state index contributed by atoms with van der Waals surface area (Å²) in [5.74, 6) is -0.307. The van der Waals surface area contributed by atoms with Gasteiger partial charge in [0, 0.05) is 18.0 Å². The number of ether oxygens (including phenoxy) is 1. The molecule has 1 aliphatic heterocycles. The quantitative estimate of drug-likeness (QED) is 0.620. The van der Waals surface area contributed by atoms with Crippen LogP contribution in [0.3, 0.4) is 0 Å². The molecule has 1 fully saturated rings. The van der Waals surface area contributed by atoms with Crippen LogP contribution >= 0.6 is 11.3 Å². The number of morpholine rings is 1. The highest BCUT2D eigenvalue weighted by Crippen LogP contribution is 2.33. The van der Waals surface area contributed by atoms with Gasteiger partial charge in [0.15, 0.2) is 0 Å². The number of carbonyl (C=O) groups is 1. The van der Waals surface area contributed by atoms with Crippen LogP contribution in [0, 0.1) is 20.8 Å². The number of nitrogens with one attached hydrogen (secondary N) is 1. The third kappa shape index (κ3) is 4.34. The monoisotopic (exact) mass is 462 g/mol. The molecule has 11 heteroatoms. The van der Waals surface area contributed by atoms with Crippen molar-refractivity contribution < 1.29 is 22.5 Å². The fourth-order valence-electron chi connectivity index (χ4n) is 3.22. The number of thiophene rings is 1. The zero-order chi connectivity index (χ0) is 22.2. The maximum Gasteiger partial charge on any atom is 0.316 e. The Bertz CT molecular complexity index is 1230. The fraction of sp³-hybridized carbons (Fsp3) is 0.350. The Morgan fingerprint density at radius 2 is 1.94 bits per heavy atom. The van der Waals surface area contributed by atoms with Gasteiger partial charge >= 0.3 is 11.8 Å². The van der Waals surface area contributed by atoms with Gasteiger partial charge in [-0.15, -0.1) is 11.3 Å². The van der Waals surface area contributed by atoms with Gasteiger partial charge in [0.2, 0.25) is 5.82 Å². The highest BCUT2D eigenvalue weighted by Gasteiger charge is 2.27. The number of benzene rings is 1. The van der Waals surface area contributed by atoms with Gasteiger partial charge in [0.05, 0.1) is 23.8 Å². The first-order chi connectivity index (χ1) is 14.8. The van der Waals surface area contributed by atoms with E-state index in [0.717, 1.165) is 11.1 Å². The molecule has 1 amide bonds. The smallest absolute Gasteiger partial charge is 0.316 e. The van der Waals surface area contributed by atoms with Gasteiger partial charge in [0.1, 0.15) is 4.90 Å². The van der Waals surface area contributed by atoms with E-state index in [1.165, 1.54) is 17.4 Å². The van der Waals surface area contributed by atoms with Gasteiger partial charge < -0.3 is 14.2 Å². The zero-order valence-corrected chi connectivity index (χ0v) is 19.0. The molecule has 1 N–H and O–H groups in total. The van der Waals surface area contributed by atoms with Gasteiger partial charge in [-0.1, -0.05) is 17.3 Å². The van der Waals surface area contributed by atoms with E-state index < -0.39 is 10.0 Å². The lowest BCUT2D eigenvalue weighted by Crippen LogP contribution is -2.40. The molecule has 0 spiro atoms. The van der Waals surface area contributed by atoms with Crippen molar-refractivity contribution >= 4 is 33.0 Å². The molecule has 164 valence electrons. The Kier molecular flexibility index (Phi) is 5.82. The molecule has 0 bridgehead atoms.